The molecule has 7 nitrogen and oxygen atoms in total. The summed E-state index contributed by atoms with van der Waals surface area (Å²) in [6, 6.07) is 10.0. The Morgan fingerprint density at radius 1 is 1.13 bits per heavy atom. The molecule has 7 heteroatoms. The second-order valence-electron chi connectivity index (χ2n) is 8.91. The highest BCUT2D eigenvalue weighted by Gasteiger charge is 2.30. The van der Waals surface area contributed by atoms with E-state index in [9.17, 15) is 4.79 Å². The topological polar surface area (TPSA) is 86.8 Å². The van der Waals surface area contributed by atoms with Crippen LogP contribution in [0.5, 0.6) is 0 Å². The van der Waals surface area contributed by atoms with Crippen LogP contribution in [0.3, 0.4) is 0 Å². The van der Waals surface area contributed by atoms with Crippen LogP contribution in [0.4, 0.5) is 5.82 Å². The lowest BCUT2D eigenvalue weighted by atomic mass is 9.87. The first-order valence-electron chi connectivity index (χ1n) is 11.5. The van der Waals surface area contributed by atoms with Gasteiger partial charge in [0, 0.05) is 37.3 Å². The van der Waals surface area contributed by atoms with Crippen LogP contribution in [0.2, 0.25) is 0 Å². The van der Waals surface area contributed by atoms with Crippen molar-refractivity contribution in [2.75, 3.05) is 18.4 Å². The first-order chi connectivity index (χ1) is 15.3. The Morgan fingerprint density at radius 2 is 2.03 bits per heavy atom. The number of amides is 1. The quantitative estimate of drug-likeness (QED) is 0.625. The lowest BCUT2D eigenvalue weighted by molar-refractivity contribution is -0.131. The smallest absolute Gasteiger partial charge is 0.222 e. The van der Waals surface area contributed by atoms with Crippen LogP contribution in [-0.4, -0.2) is 44.1 Å². The van der Waals surface area contributed by atoms with Gasteiger partial charge in [0.2, 0.25) is 5.91 Å². The Labute approximate surface area is 182 Å². The van der Waals surface area contributed by atoms with E-state index in [1.54, 1.807) is 6.20 Å². The van der Waals surface area contributed by atoms with Gasteiger partial charge < -0.3 is 10.2 Å². The van der Waals surface area contributed by atoms with Crippen molar-refractivity contribution in [1.29, 1.82) is 0 Å². The SMILES string of the molecule is O=C(CC1CCCCC1)N1CCC(c2ccc3c(NCc4ccccn4)n[nH]c3n2)C1. The van der Waals surface area contributed by atoms with Gasteiger partial charge in [-0.25, -0.2) is 4.98 Å². The molecule has 31 heavy (non-hydrogen) atoms. The number of fused-ring (bicyclic) bond motifs is 1. The molecular formula is C24H30N6O. The van der Waals surface area contributed by atoms with Gasteiger partial charge in [0.05, 0.1) is 17.6 Å². The maximum atomic E-state index is 12.8. The third-order valence-electron chi connectivity index (χ3n) is 6.76. The molecule has 2 fully saturated rings. The zero-order valence-corrected chi connectivity index (χ0v) is 17.9. The number of carbonyl (C=O) groups excluding carboxylic acids is 1. The fourth-order valence-corrected chi connectivity index (χ4v) is 4.95. The largest absolute Gasteiger partial charge is 0.362 e. The van der Waals surface area contributed by atoms with Crippen molar-refractivity contribution >= 4 is 22.8 Å². The van der Waals surface area contributed by atoms with Gasteiger partial charge in [0.1, 0.15) is 0 Å². The number of pyridine rings is 2. The third-order valence-corrected chi connectivity index (χ3v) is 6.76. The number of nitrogens with one attached hydrogen (secondary N) is 2. The Bertz CT molecular complexity index is 1030. The Hall–Kier alpha value is -2.96. The molecule has 3 aromatic heterocycles. The summed E-state index contributed by atoms with van der Waals surface area (Å²) in [5, 5.41) is 11.8. The molecule has 0 aromatic carbocycles. The highest BCUT2D eigenvalue weighted by Crippen LogP contribution is 2.31. The Kier molecular flexibility index (Phi) is 5.82. The van der Waals surface area contributed by atoms with Gasteiger partial charge in [0.15, 0.2) is 11.5 Å². The minimum absolute atomic E-state index is 0.299. The number of rotatable bonds is 6. The number of aromatic amines is 1. The van der Waals surface area contributed by atoms with Gasteiger partial charge in [-0.3, -0.25) is 14.9 Å². The summed E-state index contributed by atoms with van der Waals surface area (Å²) in [7, 11) is 0. The second-order valence-corrected chi connectivity index (χ2v) is 8.91. The molecule has 0 bridgehead atoms. The van der Waals surface area contributed by atoms with Crippen molar-refractivity contribution in [2.45, 2.75) is 57.4 Å². The summed E-state index contributed by atoms with van der Waals surface area (Å²) in [5.74, 6) is 2.01. The molecule has 1 aliphatic carbocycles. The first kappa shape index (κ1) is 20.0. The zero-order valence-electron chi connectivity index (χ0n) is 17.9. The van der Waals surface area contributed by atoms with Crippen molar-refractivity contribution < 1.29 is 4.79 Å². The molecule has 1 aliphatic heterocycles. The highest BCUT2D eigenvalue weighted by molar-refractivity contribution is 5.87. The third kappa shape index (κ3) is 4.55. The average molecular weight is 419 g/mol. The van der Waals surface area contributed by atoms with Crippen LogP contribution >= 0.6 is 0 Å². The molecule has 1 atom stereocenters. The Morgan fingerprint density at radius 3 is 2.87 bits per heavy atom. The molecule has 1 saturated carbocycles. The molecule has 1 unspecified atom stereocenters. The fourth-order valence-electron chi connectivity index (χ4n) is 4.95. The summed E-state index contributed by atoms with van der Waals surface area (Å²) < 4.78 is 0. The molecule has 162 valence electrons. The number of aromatic nitrogens is 4. The van der Waals surface area contributed by atoms with E-state index in [1.165, 1.54) is 32.1 Å². The normalized spacial score (nSPS) is 19.7. The monoisotopic (exact) mass is 418 g/mol. The van der Waals surface area contributed by atoms with E-state index in [2.05, 4.69) is 37.5 Å². The highest BCUT2D eigenvalue weighted by atomic mass is 16.2. The summed E-state index contributed by atoms with van der Waals surface area (Å²) >= 11 is 0. The number of carbonyl (C=O) groups is 1. The minimum Gasteiger partial charge on any atom is -0.362 e. The standard InChI is InChI=1S/C24H30N6O/c31-22(14-17-6-2-1-3-7-17)30-13-11-18(16-30)21-10-9-20-23(28-29-24(20)27-21)26-15-19-8-4-5-12-25-19/h4-5,8-10,12,17-18H,1-3,6-7,11,13-16H2,(H2,26,27,28,29). The molecular weight excluding hydrogens is 388 g/mol. The van der Waals surface area contributed by atoms with Crippen LogP contribution in [0.15, 0.2) is 36.5 Å². The number of hydrogen-bond donors (Lipinski definition) is 2. The van der Waals surface area contributed by atoms with Crippen molar-refractivity contribution in [3.8, 4) is 0 Å². The van der Waals surface area contributed by atoms with Crippen LogP contribution in [0, 0.1) is 5.92 Å². The molecule has 1 saturated heterocycles. The maximum absolute atomic E-state index is 12.8. The number of nitrogens with zero attached hydrogens (tertiary/aromatic N) is 4. The van der Waals surface area contributed by atoms with Crippen molar-refractivity contribution in [3.05, 3.63) is 47.9 Å². The van der Waals surface area contributed by atoms with E-state index in [4.69, 9.17) is 4.98 Å². The van der Waals surface area contributed by atoms with E-state index >= 15 is 0 Å². The minimum atomic E-state index is 0.299. The van der Waals surface area contributed by atoms with Gasteiger partial charge in [-0.2, -0.15) is 5.10 Å². The summed E-state index contributed by atoms with van der Waals surface area (Å²) in [6.07, 6.45) is 9.84. The number of likely N-dealkylation sites (tertiary alicyclic amines) is 1. The molecule has 1 amide bonds. The van der Waals surface area contributed by atoms with Gasteiger partial charge >= 0.3 is 0 Å². The molecule has 3 aromatic rings. The molecule has 0 radical (unpaired) electrons. The molecule has 0 spiro atoms. The lowest BCUT2D eigenvalue weighted by Crippen LogP contribution is -2.30. The number of anilines is 1. The Balaban J connectivity index is 1.21. The first-order valence-corrected chi connectivity index (χ1v) is 11.5. The van der Waals surface area contributed by atoms with Crippen molar-refractivity contribution in [1.82, 2.24) is 25.1 Å². The van der Waals surface area contributed by atoms with Gasteiger partial charge in [-0.05, 0) is 49.4 Å². The van der Waals surface area contributed by atoms with Gasteiger partial charge in [0.25, 0.3) is 0 Å². The summed E-state index contributed by atoms with van der Waals surface area (Å²) in [4.78, 5) is 24.0. The van der Waals surface area contributed by atoms with E-state index in [0.29, 0.717) is 24.3 Å². The molecule has 5 rings (SSSR count). The molecule has 2 aliphatic rings. The number of H-pyrrole nitrogens is 1. The van der Waals surface area contributed by atoms with Crippen LogP contribution in [0.25, 0.3) is 11.0 Å². The van der Waals surface area contributed by atoms with Crippen molar-refractivity contribution in [3.63, 3.8) is 0 Å². The van der Waals surface area contributed by atoms with Crippen LogP contribution in [-0.2, 0) is 11.3 Å². The van der Waals surface area contributed by atoms with E-state index in [-0.39, 0.29) is 0 Å². The molecule has 2 N–H and O–H groups in total. The summed E-state index contributed by atoms with van der Waals surface area (Å²) in [6.45, 7) is 2.24. The lowest BCUT2D eigenvalue weighted by Gasteiger charge is -2.24. The molecule has 4 heterocycles. The second kappa shape index (κ2) is 9.04. The van der Waals surface area contributed by atoms with Crippen LogP contribution < -0.4 is 5.32 Å². The van der Waals surface area contributed by atoms with Gasteiger partial charge in [-0.15, -0.1) is 0 Å². The summed E-state index contributed by atoms with van der Waals surface area (Å²) in [5.41, 5.74) is 2.79. The fraction of sp³-hybridized carbons (Fsp3) is 0.500. The van der Waals surface area contributed by atoms with E-state index in [1.807, 2.05) is 18.2 Å². The van der Waals surface area contributed by atoms with E-state index in [0.717, 1.165) is 54.2 Å². The zero-order chi connectivity index (χ0) is 21.0. The van der Waals surface area contributed by atoms with Gasteiger partial charge in [-0.1, -0.05) is 25.3 Å². The number of hydrogen-bond acceptors (Lipinski definition) is 5. The maximum Gasteiger partial charge on any atom is 0.222 e. The van der Waals surface area contributed by atoms with Crippen LogP contribution in [0.1, 0.15) is 62.3 Å². The predicted molar refractivity (Wildman–Crippen MR) is 121 cm³/mol. The van der Waals surface area contributed by atoms with Crippen molar-refractivity contribution in [2.24, 2.45) is 5.92 Å². The average Bonchev–Trinajstić information content (AvgIpc) is 3.46. The predicted octanol–water partition coefficient (Wildman–Crippen LogP) is 4.25. The van der Waals surface area contributed by atoms with E-state index < -0.39 is 0 Å².